The summed E-state index contributed by atoms with van der Waals surface area (Å²) in [4.78, 5) is 3.21. The van der Waals surface area contributed by atoms with Gasteiger partial charge in [-0.05, 0) is 30.4 Å². The summed E-state index contributed by atoms with van der Waals surface area (Å²) in [6.45, 7) is 4.57. The predicted octanol–water partition coefficient (Wildman–Crippen LogP) is 6.04. The molecule has 0 aliphatic carbocycles. The van der Waals surface area contributed by atoms with Crippen molar-refractivity contribution < 1.29 is 0 Å². The molecule has 0 bridgehead atoms. The Morgan fingerprint density at radius 3 is 1.94 bits per heavy atom. The summed E-state index contributed by atoms with van der Waals surface area (Å²) in [5, 5.41) is 0. The van der Waals surface area contributed by atoms with Crippen LogP contribution in [-0.4, -0.2) is 4.98 Å². The molecule has 104 valence electrons. The lowest BCUT2D eigenvalue weighted by Gasteiger charge is -2.15. The minimum atomic E-state index is 0.796. The predicted molar refractivity (Wildman–Crippen MR) is 81.1 cm³/mol. The Morgan fingerprint density at radius 1 is 0.889 bits per heavy atom. The number of aromatic nitrogens is 1. The van der Waals surface area contributed by atoms with E-state index in [-0.39, 0.29) is 0 Å². The number of H-pyrrole nitrogens is 1. The standard InChI is InChI=1S/C17H31N/c1-3-5-7-9-11-16(12-10-8-6-4-2)17-13-14-18-15-17/h13-16,18H,3-12H2,1-2H3. The SMILES string of the molecule is CCCCCCC(CCCCCC)c1cc[nH]c1. The van der Waals surface area contributed by atoms with Crippen LogP contribution in [0.2, 0.25) is 0 Å². The van der Waals surface area contributed by atoms with E-state index in [0.29, 0.717) is 0 Å². The lowest BCUT2D eigenvalue weighted by atomic mass is 9.90. The third-order valence-corrected chi connectivity index (χ3v) is 3.91. The second-order valence-electron chi connectivity index (χ2n) is 5.54. The molecule has 1 heteroatoms. The molecule has 1 aromatic heterocycles. The van der Waals surface area contributed by atoms with E-state index in [0.717, 1.165) is 5.92 Å². The molecule has 0 aromatic carbocycles. The largest absolute Gasteiger partial charge is 0.367 e. The topological polar surface area (TPSA) is 15.8 Å². The van der Waals surface area contributed by atoms with Crippen LogP contribution in [0.3, 0.4) is 0 Å². The third kappa shape index (κ3) is 6.28. The maximum atomic E-state index is 3.21. The molecule has 0 saturated carbocycles. The summed E-state index contributed by atoms with van der Waals surface area (Å²) in [7, 11) is 0. The van der Waals surface area contributed by atoms with Crippen molar-refractivity contribution in [1.29, 1.82) is 0 Å². The molecular weight excluding hydrogens is 218 g/mol. The fraction of sp³-hybridized carbons (Fsp3) is 0.765. The molecule has 0 amide bonds. The molecule has 0 unspecified atom stereocenters. The first-order chi connectivity index (χ1) is 8.88. The van der Waals surface area contributed by atoms with Crippen LogP contribution in [0.25, 0.3) is 0 Å². The van der Waals surface area contributed by atoms with Gasteiger partial charge in [-0.1, -0.05) is 65.2 Å². The molecule has 18 heavy (non-hydrogen) atoms. The van der Waals surface area contributed by atoms with Crippen molar-refractivity contribution in [2.45, 2.75) is 84.0 Å². The fourth-order valence-corrected chi connectivity index (χ4v) is 2.70. The first-order valence-corrected chi connectivity index (χ1v) is 8.01. The van der Waals surface area contributed by atoms with E-state index in [9.17, 15) is 0 Å². The minimum absolute atomic E-state index is 0.796. The second-order valence-corrected chi connectivity index (χ2v) is 5.54. The summed E-state index contributed by atoms with van der Waals surface area (Å²) >= 11 is 0. The Labute approximate surface area is 113 Å². The van der Waals surface area contributed by atoms with Crippen molar-refractivity contribution in [3.05, 3.63) is 24.0 Å². The molecule has 0 saturated heterocycles. The molecule has 0 fully saturated rings. The van der Waals surface area contributed by atoms with Crippen molar-refractivity contribution in [2.75, 3.05) is 0 Å². The number of unbranched alkanes of at least 4 members (excludes halogenated alkanes) is 6. The van der Waals surface area contributed by atoms with Gasteiger partial charge in [-0.25, -0.2) is 0 Å². The van der Waals surface area contributed by atoms with Gasteiger partial charge >= 0.3 is 0 Å². The molecule has 1 nitrogen and oxygen atoms in total. The zero-order chi connectivity index (χ0) is 13.1. The van der Waals surface area contributed by atoms with Gasteiger partial charge in [-0.3, -0.25) is 0 Å². The summed E-state index contributed by atoms with van der Waals surface area (Å²) in [5.74, 6) is 0.796. The highest BCUT2D eigenvalue weighted by Crippen LogP contribution is 2.28. The molecule has 0 radical (unpaired) electrons. The zero-order valence-electron chi connectivity index (χ0n) is 12.4. The lowest BCUT2D eigenvalue weighted by molar-refractivity contribution is 0.497. The second kappa shape index (κ2) is 10.2. The molecule has 0 atom stereocenters. The van der Waals surface area contributed by atoms with Gasteiger partial charge in [0.05, 0.1) is 0 Å². The number of nitrogens with one attached hydrogen (secondary N) is 1. The fourth-order valence-electron chi connectivity index (χ4n) is 2.70. The average molecular weight is 249 g/mol. The Balaban J connectivity index is 2.29. The van der Waals surface area contributed by atoms with Gasteiger partial charge in [-0.2, -0.15) is 0 Å². The summed E-state index contributed by atoms with van der Waals surface area (Å²) in [6, 6.07) is 2.27. The molecule has 1 heterocycles. The molecule has 0 spiro atoms. The Kier molecular flexibility index (Phi) is 8.71. The van der Waals surface area contributed by atoms with Crippen molar-refractivity contribution in [1.82, 2.24) is 4.98 Å². The third-order valence-electron chi connectivity index (χ3n) is 3.91. The van der Waals surface area contributed by atoms with Crippen LogP contribution in [0, 0.1) is 0 Å². The Hall–Kier alpha value is -0.720. The number of rotatable bonds is 11. The van der Waals surface area contributed by atoms with E-state index in [1.165, 1.54) is 69.8 Å². The first-order valence-electron chi connectivity index (χ1n) is 8.01. The first kappa shape index (κ1) is 15.3. The van der Waals surface area contributed by atoms with E-state index < -0.39 is 0 Å². The van der Waals surface area contributed by atoms with Gasteiger partial charge in [0.2, 0.25) is 0 Å². The van der Waals surface area contributed by atoms with Crippen molar-refractivity contribution >= 4 is 0 Å². The van der Waals surface area contributed by atoms with E-state index in [2.05, 4.69) is 37.3 Å². The lowest BCUT2D eigenvalue weighted by Crippen LogP contribution is -1.98. The molecule has 0 aliphatic heterocycles. The number of aromatic amines is 1. The highest BCUT2D eigenvalue weighted by molar-refractivity contribution is 5.14. The number of hydrogen-bond donors (Lipinski definition) is 1. The smallest absolute Gasteiger partial charge is 0.00401 e. The van der Waals surface area contributed by atoms with Crippen LogP contribution in [0.1, 0.15) is 89.5 Å². The Morgan fingerprint density at radius 2 is 1.50 bits per heavy atom. The molecule has 0 aliphatic rings. The summed E-state index contributed by atoms with van der Waals surface area (Å²) in [6.07, 6.45) is 18.1. The summed E-state index contributed by atoms with van der Waals surface area (Å²) < 4.78 is 0. The van der Waals surface area contributed by atoms with Crippen molar-refractivity contribution in [2.24, 2.45) is 0 Å². The van der Waals surface area contributed by atoms with Crippen LogP contribution in [0.15, 0.2) is 18.5 Å². The normalized spacial score (nSPS) is 11.3. The zero-order valence-corrected chi connectivity index (χ0v) is 12.4. The van der Waals surface area contributed by atoms with Gasteiger partial charge in [0.25, 0.3) is 0 Å². The summed E-state index contributed by atoms with van der Waals surface area (Å²) in [5.41, 5.74) is 1.53. The van der Waals surface area contributed by atoms with Crippen molar-refractivity contribution in [3.63, 3.8) is 0 Å². The van der Waals surface area contributed by atoms with E-state index >= 15 is 0 Å². The molecule has 1 rings (SSSR count). The van der Waals surface area contributed by atoms with Gasteiger partial charge in [0.1, 0.15) is 0 Å². The maximum absolute atomic E-state index is 3.21. The van der Waals surface area contributed by atoms with Crippen LogP contribution >= 0.6 is 0 Å². The van der Waals surface area contributed by atoms with Crippen LogP contribution in [-0.2, 0) is 0 Å². The van der Waals surface area contributed by atoms with E-state index in [4.69, 9.17) is 0 Å². The van der Waals surface area contributed by atoms with Crippen LogP contribution in [0.5, 0.6) is 0 Å². The minimum Gasteiger partial charge on any atom is -0.367 e. The molecule has 1 aromatic rings. The van der Waals surface area contributed by atoms with Gasteiger partial charge in [-0.15, -0.1) is 0 Å². The van der Waals surface area contributed by atoms with E-state index in [1.807, 2.05) is 0 Å². The average Bonchev–Trinajstić information content (AvgIpc) is 2.91. The quantitative estimate of drug-likeness (QED) is 0.460. The monoisotopic (exact) mass is 249 g/mol. The van der Waals surface area contributed by atoms with Gasteiger partial charge in [0, 0.05) is 12.4 Å². The van der Waals surface area contributed by atoms with Crippen LogP contribution in [0.4, 0.5) is 0 Å². The van der Waals surface area contributed by atoms with Gasteiger partial charge in [0.15, 0.2) is 0 Å². The Bertz CT molecular complexity index is 251. The maximum Gasteiger partial charge on any atom is 0.00401 e. The number of hydrogen-bond acceptors (Lipinski definition) is 0. The molecule has 1 N–H and O–H groups in total. The van der Waals surface area contributed by atoms with Gasteiger partial charge < -0.3 is 4.98 Å². The van der Waals surface area contributed by atoms with Crippen molar-refractivity contribution in [3.8, 4) is 0 Å². The highest BCUT2D eigenvalue weighted by Gasteiger charge is 2.11. The van der Waals surface area contributed by atoms with E-state index in [1.54, 1.807) is 0 Å². The van der Waals surface area contributed by atoms with Crippen LogP contribution < -0.4 is 0 Å². The molecular formula is C17H31N. The highest BCUT2D eigenvalue weighted by atomic mass is 14.6.